The molecule has 5 heterocycles. The lowest BCUT2D eigenvalue weighted by Crippen LogP contribution is -2.10. The summed E-state index contributed by atoms with van der Waals surface area (Å²) < 4.78 is 7.60. The van der Waals surface area contributed by atoms with Crippen molar-refractivity contribution < 1.29 is 0 Å². The molecule has 9 aromatic carbocycles. The van der Waals surface area contributed by atoms with E-state index >= 15 is 0 Å². The van der Waals surface area contributed by atoms with Crippen LogP contribution in [0.3, 0.4) is 0 Å². The number of nitrogens with zero attached hydrogens (tertiary/aromatic N) is 4. The highest BCUT2D eigenvalue weighted by Gasteiger charge is 2.28. The Labute approximate surface area is 331 Å². The molecule has 14 rings (SSSR count). The molecule has 0 atom stereocenters. The van der Waals surface area contributed by atoms with Gasteiger partial charge in [0.05, 0.1) is 49.8 Å². The number of rotatable bonds is 4. The molecular formula is C54H32N4. The summed E-state index contributed by atoms with van der Waals surface area (Å²) in [6, 6.07) is 71.4. The van der Waals surface area contributed by atoms with Crippen molar-refractivity contribution in [2.24, 2.45) is 0 Å². The predicted octanol–water partition coefficient (Wildman–Crippen LogP) is 14.6. The van der Waals surface area contributed by atoms with E-state index in [2.05, 4.69) is 212 Å². The lowest BCUT2D eigenvalue weighted by Gasteiger charge is -2.26. The summed E-state index contributed by atoms with van der Waals surface area (Å²) in [6.07, 6.45) is 0. The van der Waals surface area contributed by atoms with Crippen LogP contribution in [0.1, 0.15) is 0 Å². The molecule has 0 bridgehead atoms. The largest absolute Gasteiger partial charge is 0.310 e. The Bertz CT molecular complexity index is 3910. The molecule has 4 heteroatoms. The van der Waals surface area contributed by atoms with E-state index in [1.165, 1.54) is 104 Å². The lowest BCUT2D eigenvalue weighted by molar-refractivity contribution is 1.19. The summed E-state index contributed by atoms with van der Waals surface area (Å²) in [5.41, 5.74) is 14.5. The van der Waals surface area contributed by atoms with Crippen LogP contribution in [0.5, 0.6) is 0 Å². The molecule has 0 fully saturated rings. The van der Waals surface area contributed by atoms with E-state index in [-0.39, 0.29) is 0 Å². The van der Waals surface area contributed by atoms with Gasteiger partial charge in [-0.1, -0.05) is 115 Å². The third kappa shape index (κ3) is 3.70. The zero-order valence-electron chi connectivity index (χ0n) is 31.3. The van der Waals surface area contributed by atoms with Gasteiger partial charge in [0, 0.05) is 70.9 Å². The summed E-state index contributed by atoms with van der Waals surface area (Å²) in [6.45, 7) is 0. The molecule has 5 aromatic heterocycles. The van der Waals surface area contributed by atoms with Crippen molar-refractivity contribution in [3.8, 4) is 5.69 Å². The summed E-state index contributed by atoms with van der Waals surface area (Å²) in [7, 11) is 0. The average Bonchev–Trinajstić information content (AvgIpc) is 4.07. The van der Waals surface area contributed by atoms with Gasteiger partial charge in [-0.2, -0.15) is 0 Å². The molecule has 58 heavy (non-hydrogen) atoms. The van der Waals surface area contributed by atoms with Crippen molar-refractivity contribution in [2.45, 2.75) is 0 Å². The van der Waals surface area contributed by atoms with Crippen molar-refractivity contribution in [3.05, 3.63) is 194 Å². The van der Waals surface area contributed by atoms with Crippen LogP contribution in [0.4, 0.5) is 17.1 Å². The van der Waals surface area contributed by atoms with Gasteiger partial charge in [-0.15, -0.1) is 0 Å². The maximum atomic E-state index is 2.56. The molecule has 0 saturated heterocycles. The Hall–Kier alpha value is -7.82. The van der Waals surface area contributed by atoms with Crippen molar-refractivity contribution in [1.82, 2.24) is 13.4 Å². The Balaban J connectivity index is 1.24. The molecular weight excluding hydrogens is 705 g/mol. The molecule has 14 aromatic rings. The second-order valence-corrected chi connectivity index (χ2v) is 15.7. The van der Waals surface area contributed by atoms with E-state index in [4.69, 9.17) is 0 Å². The SMILES string of the molecule is c1ccc(N(c2ccccc2)c2ccc3c4ccccc4n4c5cc6c7c8c(cc9c%10ccccc%10n(c6cc5c2c34)c97)c2ccccc2n8-c2ccccc2)cc1. The van der Waals surface area contributed by atoms with Crippen LogP contribution in [0.25, 0.3) is 104 Å². The van der Waals surface area contributed by atoms with Gasteiger partial charge in [0.1, 0.15) is 0 Å². The zero-order chi connectivity index (χ0) is 37.6. The first-order valence-electron chi connectivity index (χ1n) is 20.0. The van der Waals surface area contributed by atoms with Gasteiger partial charge >= 0.3 is 0 Å². The van der Waals surface area contributed by atoms with Crippen molar-refractivity contribution >= 4 is 115 Å². The molecule has 0 spiro atoms. The minimum absolute atomic E-state index is 1.13. The van der Waals surface area contributed by atoms with E-state index in [9.17, 15) is 0 Å². The van der Waals surface area contributed by atoms with Crippen LogP contribution in [0, 0.1) is 0 Å². The fourth-order valence-electron chi connectivity index (χ4n) is 10.6. The standard InChI is InChI=1S/C54H32N4/c1-4-16-33(17-5-1)55(34-18-6-2-7-19-34)47-29-28-39-36-22-10-14-26-45(36)57-48-32-43-49(31-42(48)50(47)52(39)57)58-46-27-15-12-24-38(46)41-30-40-37-23-11-13-25-44(37)56(35-20-8-3-9-21-35)53(40)51(43)54(41)58/h1-32H. The van der Waals surface area contributed by atoms with Crippen LogP contribution in [0.2, 0.25) is 0 Å². The van der Waals surface area contributed by atoms with Crippen molar-refractivity contribution in [1.29, 1.82) is 0 Å². The third-order valence-electron chi connectivity index (χ3n) is 12.8. The topological polar surface area (TPSA) is 17.0 Å². The minimum atomic E-state index is 1.13. The van der Waals surface area contributed by atoms with Crippen LogP contribution in [-0.4, -0.2) is 13.4 Å². The molecule has 4 nitrogen and oxygen atoms in total. The van der Waals surface area contributed by atoms with Crippen LogP contribution < -0.4 is 4.90 Å². The van der Waals surface area contributed by atoms with Gasteiger partial charge in [-0.05, 0) is 78.9 Å². The number of fused-ring (bicyclic) bond motifs is 16. The molecule has 268 valence electrons. The van der Waals surface area contributed by atoms with E-state index < -0.39 is 0 Å². The first kappa shape index (κ1) is 30.4. The van der Waals surface area contributed by atoms with Crippen LogP contribution in [0.15, 0.2) is 194 Å². The molecule has 0 amide bonds. The molecule has 0 aliphatic rings. The molecule has 0 aliphatic heterocycles. The van der Waals surface area contributed by atoms with Crippen LogP contribution in [-0.2, 0) is 0 Å². The highest BCUT2D eigenvalue weighted by Crippen LogP contribution is 2.51. The monoisotopic (exact) mass is 736 g/mol. The Morgan fingerprint density at radius 2 is 0.759 bits per heavy atom. The zero-order valence-corrected chi connectivity index (χ0v) is 31.3. The van der Waals surface area contributed by atoms with E-state index in [0.717, 1.165) is 17.1 Å². The Morgan fingerprint density at radius 3 is 1.38 bits per heavy atom. The first-order chi connectivity index (χ1) is 28.8. The van der Waals surface area contributed by atoms with Gasteiger partial charge in [0.25, 0.3) is 0 Å². The molecule has 0 saturated carbocycles. The first-order valence-corrected chi connectivity index (χ1v) is 20.0. The highest BCUT2D eigenvalue weighted by molar-refractivity contribution is 6.36. The smallest absolute Gasteiger partial charge is 0.0642 e. The van der Waals surface area contributed by atoms with Gasteiger partial charge < -0.3 is 18.3 Å². The molecule has 0 aliphatic carbocycles. The fraction of sp³-hybridized carbons (Fsp3) is 0. The Morgan fingerprint density at radius 1 is 0.293 bits per heavy atom. The van der Waals surface area contributed by atoms with Crippen LogP contribution >= 0.6 is 0 Å². The highest BCUT2D eigenvalue weighted by atomic mass is 15.1. The van der Waals surface area contributed by atoms with E-state index in [1.807, 2.05) is 0 Å². The lowest BCUT2D eigenvalue weighted by atomic mass is 10.0. The number of aromatic nitrogens is 3. The normalized spacial score (nSPS) is 12.5. The third-order valence-corrected chi connectivity index (χ3v) is 12.8. The summed E-state index contributed by atoms with van der Waals surface area (Å²) in [5, 5.41) is 12.7. The summed E-state index contributed by atoms with van der Waals surface area (Å²) >= 11 is 0. The minimum Gasteiger partial charge on any atom is -0.310 e. The van der Waals surface area contributed by atoms with Gasteiger partial charge in [0.2, 0.25) is 0 Å². The summed E-state index contributed by atoms with van der Waals surface area (Å²) in [5.74, 6) is 0. The maximum Gasteiger partial charge on any atom is 0.0642 e. The number of anilines is 3. The molecule has 0 unspecified atom stereocenters. The molecule has 0 radical (unpaired) electrons. The van der Waals surface area contributed by atoms with Gasteiger partial charge in [0.15, 0.2) is 0 Å². The maximum absolute atomic E-state index is 2.56. The quantitative estimate of drug-likeness (QED) is 0.176. The predicted molar refractivity (Wildman–Crippen MR) is 245 cm³/mol. The number of benzene rings is 9. The van der Waals surface area contributed by atoms with Crippen molar-refractivity contribution in [3.63, 3.8) is 0 Å². The van der Waals surface area contributed by atoms with Crippen molar-refractivity contribution in [2.75, 3.05) is 4.90 Å². The average molecular weight is 737 g/mol. The number of hydrogen-bond acceptors (Lipinski definition) is 1. The Kier molecular flexibility index (Phi) is 5.73. The number of hydrogen-bond donors (Lipinski definition) is 0. The number of para-hydroxylation sites is 6. The second-order valence-electron chi connectivity index (χ2n) is 15.7. The van der Waals surface area contributed by atoms with E-state index in [0.29, 0.717) is 0 Å². The van der Waals surface area contributed by atoms with Gasteiger partial charge in [-0.25, -0.2) is 0 Å². The van der Waals surface area contributed by atoms with Gasteiger partial charge in [-0.3, -0.25) is 0 Å². The second kappa shape index (κ2) is 10.9. The fourth-order valence-corrected chi connectivity index (χ4v) is 10.6. The molecule has 0 N–H and O–H groups in total. The van der Waals surface area contributed by atoms with E-state index in [1.54, 1.807) is 0 Å². The summed E-state index contributed by atoms with van der Waals surface area (Å²) in [4.78, 5) is 2.43.